The minimum absolute atomic E-state index is 0.0752. The van der Waals surface area contributed by atoms with E-state index in [1.165, 1.54) is 35.4 Å². The van der Waals surface area contributed by atoms with Gasteiger partial charge in [-0.2, -0.15) is 0 Å². The first-order chi connectivity index (χ1) is 20.9. The Labute approximate surface area is 260 Å². The number of amides is 1. The molecule has 0 atom stereocenters. The number of nitrogens with zero attached hydrogens (tertiary/aromatic N) is 2. The molecule has 0 spiro atoms. The predicted octanol–water partition coefficient (Wildman–Crippen LogP) is 7.20. The fourth-order valence-corrected chi connectivity index (χ4v) is 10.6. The number of hydrogen-bond donors (Lipinski definition) is 0. The van der Waals surface area contributed by atoms with Gasteiger partial charge in [-0.05, 0) is 73.7 Å². The van der Waals surface area contributed by atoms with Gasteiger partial charge in [0.1, 0.15) is 18.0 Å². The third-order valence-corrected chi connectivity index (χ3v) is 14.4. The lowest BCUT2D eigenvalue weighted by Crippen LogP contribution is -2.33. The van der Waals surface area contributed by atoms with E-state index in [-0.39, 0.29) is 25.4 Å². The van der Waals surface area contributed by atoms with Crippen molar-refractivity contribution in [3.63, 3.8) is 0 Å². The molecule has 0 unspecified atom stereocenters. The number of aromatic nitrogens is 1. The first-order valence-corrected chi connectivity index (χ1v) is 17.5. The Morgan fingerprint density at radius 2 is 1.41 bits per heavy atom. The van der Waals surface area contributed by atoms with E-state index in [2.05, 4.69) is 6.92 Å². The molecule has 0 fully saturated rings. The van der Waals surface area contributed by atoms with Gasteiger partial charge >= 0.3 is 15.2 Å². The molecule has 0 bridgehead atoms. The first kappa shape index (κ1) is 35.8. The average Bonchev–Trinajstić information content (AvgIpc) is 3.35. The van der Waals surface area contributed by atoms with Crippen molar-refractivity contribution in [3.05, 3.63) is 48.0 Å². The highest BCUT2D eigenvalue weighted by Gasteiger charge is 2.60. The lowest BCUT2D eigenvalue weighted by molar-refractivity contribution is -0.130. The van der Waals surface area contributed by atoms with Crippen LogP contribution in [-0.4, -0.2) is 76.5 Å². The maximum atomic E-state index is 13.8. The number of fused-ring (bicyclic) bond motifs is 1. The van der Waals surface area contributed by atoms with Crippen molar-refractivity contribution in [3.8, 4) is 22.8 Å². The third-order valence-electron chi connectivity index (χ3n) is 8.24. The number of aryl methyl sites for hydroxylation is 1. The number of hydrogen-bond acceptors (Lipinski definition) is 9. The molecule has 0 radical (unpaired) electrons. The summed E-state index contributed by atoms with van der Waals surface area (Å²) in [6.45, 7) is 4.00. The number of carbonyl (C=O) groups excluding carboxylic acids is 1. The predicted molar refractivity (Wildman–Crippen MR) is 173 cm³/mol. The van der Waals surface area contributed by atoms with Crippen molar-refractivity contribution in [2.45, 2.75) is 51.0 Å². The fraction of sp³-hybridized carbons (Fsp3) is 0.516. The molecule has 0 aliphatic carbocycles. The highest BCUT2D eigenvalue weighted by molar-refractivity contribution is 7.74. The summed E-state index contributed by atoms with van der Waals surface area (Å²) in [5.74, 6) is 1.31. The molecule has 3 rings (SSSR count). The van der Waals surface area contributed by atoms with Crippen molar-refractivity contribution in [2.75, 3.05) is 56.3 Å². The van der Waals surface area contributed by atoms with Crippen LogP contribution in [0.4, 0.5) is 0 Å². The van der Waals surface area contributed by atoms with Crippen LogP contribution >= 0.6 is 15.2 Å². The molecule has 2 aromatic carbocycles. The number of carbonyl (C=O) groups is 1. The van der Waals surface area contributed by atoms with Gasteiger partial charge in [-0.15, -0.1) is 0 Å². The lowest BCUT2D eigenvalue weighted by atomic mass is 10.0. The second kappa shape index (κ2) is 15.1. The zero-order valence-corrected chi connectivity index (χ0v) is 29.0. The Morgan fingerprint density at radius 3 is 1.91 bits per heavy atom. The molecule has 1 amide bonds. The standard InChI is InChI=1S/C31H46N2O9P2/c1-10-12-27-26-18-17-25(38-5)21-28(26)33(30(27)23-13-15-24(37-4)16-14-23)22-29(34)32(3)20-11-19-31(2,43(35,39-6)40-7)44(36,41-8)42-9/h13-18,21H,10-12,19-20,22H2,1-9H3. The van der Waals surface area contributed by atoms with E-state index in [4.69, 9.17) is 27.6 Å². The van der Waals surface area contributed by atoms with Gasteiger partial charge in [-0.25, -0.2) is 0 Å². The molecule has 44 heavy (non-hydrogen) atoms. The third kappa shape index (κ3) is 6.79. The van der Waals surface area contributed by atoms with Gasteiger partial charge < -0.3 is 37.0 Å². The Bertz CT molecular complexity index is 1480. The van der Waals surface area contributed by atoms with Crippen LogP contribution in [0.15, 0.2) is 42.5 Å². The van der Waals surface area contributed by atoms with Crippen LogP contribution < -0.4 is 9.47 Å². The van der Waals surface area contributed by atoms with Gasteiger partial charge in [0.25, 0.3) is 0 Å². The molecule has 13 heteroatoms. The molecule has 1 aromatic heterocycles. The van der Waals surface area contributed by atoms with Crippen LogP contribution in [0.2, 0.25) is 0 Å². The molecular formula is C31H46N2O9P2. The Kier molecular flexibility index (Phi) is 12.3. The summed E-state index contributed by atoms with van der Waals surface area (Å²) >= 11 is 0. The Hall–Kier alpha value is -2.65. The van der Waals surface area contributed by atoms with Crippen LogP contribution in [0.1, 0.15) is 38.7 Å². The summed E-state index contributed by atoms with van der Waals surface area (Å²) in [6, 6.07) is 13.8. The van der Waals surface area contributed by atoms with E-state index in [1.54, 1.807) is 26.2 Å². The summed E-state index contributed by atoms with van der Waals surface area (Å²) in [6.07, 6.45) is 2.18. The van der Waals surface area contributed by atoms with E-state index in [0.29, 0.717) is 12.2 Å². The minimum atomic E-state index is -3.92. The molecule has 0 saturated heterocycles. The van der Waals surface area contributed by atoms with E-state index < -0.39 is 20.1 Å². The second-order valence-electron chi connectivity index (χ2n) is 10.6. The maximum Gasteiger partial charge on any atom is 0.348 e. The van der Waals surface area contributed by atoms with E-state index in [0.717, 1.165) is 46.3 Å². The van der Waals surface area contributed by atoms with Gasteiger partial charge in [0.2, 0.25) is 5.91 Å². The monoisotopic (exact) mass is 652 g/mol. The second-order valence-corrected chi connectivity index (χ2v) is 16.4. The van der Waals surface area contributed by atoms with Crippen molar-refractivity contribution in [1.29, 1.82) is 0 Å². The topological polar surface area (TPSA) is 115 Å². The molecule has 3 aromatic rings. The summed E-state index contributed by atoms with van der Waals surface area (Å²) in [5, 5.41) is 1.06. The lowest BCUT2D eigenvalue weighted by Gasteiger charge is -2.38. The molecule has 1 heterocycles. The van der Waals surface area contributed by atoms with E-state index >= 15 is 0 Å². The highest BCUT2D eigenvalue weighted by atomic mass is 31.2. The van der Waals surface area contributed by atoms with Crippen LogP contribution in [0, 0.1) is 0 Å². The van der Waals surface area contributed by atoms with Gasteiger partial charge in [-0.3, -0.25) is 13.9 Å². The van der Waals surface area contributed by atoms with Crippen molar-refractivity contribution in [1.82, 2.24) is 9.47 Å². The van der Waals surface area contributed by atoms with Crippen LogP contribution in [0.3, 0.4) is 0 Å². The smallest absolute Gasteiger partial charge is 0.348 e. The zero-order chi connectivity index (χ0) is 32.7. The first-order valence-electron chi connectivity index (χ1n) is 14.4. The fourth-order valence-electron chi connectivity index (χ4n) is 5.67. The summed E-state index contributed by atoms with van der Waals surface area (Å²) in [4.78, 5) is 13.8. The highest BCUT2D eigenvalue weighted by Crippen LogP contribution is 2.78. The Balaban J connectivity index is 1.97. The number of rotatable bonds is 17. The SMILES string of the molecule is CCCc1c(-c2ccc(OC)cc2)n(CC(=O)N(C)CCCC(C)(P(=O)(OC)OC)P(=O)(OC)OC)c2cc(OC)ccc12. The zero-order valence-electron chi connectivity index (χ0n) is 27.2. The minimum Gasteiger partial charge on any atom is -0.497 e. The molecular weight excluding hydrogens is 606 g/mol. The summed E-state index contributed by atoms with van der Waals surface area (Å²) < 4.78 is 61.0. The number of benzene rings is 2. The van der Waals surface area contributed by atoms with E-state index in [1.807, 2.05) is 47.0 Å². The molecule has 244 valence electrons. The van der Waals surface area contributed by atoms with Crippen LogP contribution in [0.25, 0.3) is 22.2 Å². The normalized spacial score (nSPS) is 12.5. The van der Waals surface area contributed by atoms with Crippen LogP contribution in [-0.2, 0) is 45.0 Å². The quantitative estimate of drug-likeness (QED) is 0.140. The van der Waals surface area contributed by atoms with Gasteiger partial charge in [-0.1, -0.05) is 13.3 Å². The van der Waals surface area contributed by atoms with E-state index in [9.17, 15) is 13.9 Å². The maximum absolute atomic E-state index is 13.8. The number of methoxy groups -OCH3 is 2. The van der Waals surface area contributed by atoms with Gasteiger partial charge in [0.05, 0.1) is 25.4 Å². The average molecular weight is 653 g/mol. The molecule has 0 saturated carbocycles. The van der Waals surface area contributed by atoms with Gasteiger partial charge in [0.15, 0.2) is 4.90 Å². The molecule has 0 aliphatic heterocycles. The largest absolute Gasteiger partial charge is 0.497 e. The number of likely N-dealkylation sites (N-methyl/N-ethyl adjacent to an activating group) is 1. The molecule has 0 aliphatic rings. The number of ether oxygens (including phenoxy) is 2. The van der Waals surface area contributed by atoms with Crippen molar-refractivity contribution >= 4 is 32.0 Å². The summed E-state index contributed by atoms with van der Waals surface area (Å²) in [7, 11) is 2.05. The van der Waals surface area contributed by atoms with Crippen LogP contribution in [0.5, 0.6) is 11.5 Å². The molecule has 0 N–H and O–H groups in total. The van der Waals surface area contributed by atoms with Crippen molar-refractivity contribution in [2.24, 2.45) is 0 Å². The van der Waals surface area contributed by atoms with Crippen molar-refractivity contribution < 1.29 is 41.5 Å². The Morgan fingerprint density at radius 1 is 0.864 bits per heavy atom. The summed E-state index contributed by atoms with van der Waals surface area (Å²) in [5.41, 5.74) is 4.00. The van der Waals surface area contributed by atoms with Gasteiger partial charge in [0, 0.05) is 53.5 Å². The molecule has 11 nitrogen and oxygen atoms in total.